The summed E-state index contributed by atoms with van der Waals surface area (Å²) in [6.45, 7) is 3.43. The predicted octanol–water partition coefficient (Wildman–Crippen LogP) is 8.06. The molecule has 1 rings (SSSR count). The number of hydrogen-bond donors (Lipinski definition) is 8. The van der Waals surface area contributed by atoms with Crippen molar-refractivity contribution in [3.8, 4) is 0 Å². The average Bonchev–Trinajstić information content (AvgIpc) is 3.22. The minimum Gasteiger partial charge on any atom is -0.394 e. The zero-order valence-electron chi connectivity index (χ0n) is 37.0. The molecule has 0 radical (unpaired) electrons. The molecular weight excluding hydrogens is 739 g/mol. The molecule has 1 amide bonds. The molecule has 9 unspecified atom stereocenters. The number of allylic oxidation sites excluding steroid dienone is 2. The monoisotopic (exact) mass is 830 g/mol. The fourth-order valence-corrected chi connectivity index (χ4v) is 7.79. The lowest BCUT2D eigenvalue weighted by molar-refractivity contribution is -0.303. The van der Waals surface area contributed by atoms with Crippen LogP contribution in [0.5, 0.6) is 0 Å². The smallest absolute Gasteiger partial charge is 0.249 e. The SMILES string of the molecule is CCCCCCCCCCCCC/C=C/CCCC(O)C(O)C(COC1OC(CO)C(O)C(O)C1O)NC(=O)C(O)CCCCCCCCCCCCCCCCC. The molecule has 1 aliphatic heterocycles. The Morgan fingerprint density at radius 2 is 1.02 bits per heavy atom. The van der Waals surface area contributed by atoms with E-state index in [-0.39, 0.29) is 12.8 Å². The minimum atomic E-state index is -1.66. The molecule has 0 saturated carbocycles. The van der Waals surface area contributed by atoms with Gasteiger partial charge in [0.1, 0.15) is 36.6 Å². The molecule has 11 heteroatoms. The fourth-order valence-electron chi connectivity index (χ4n) is 7.79. The number of rotatable bonds is 40. The maximum absolute atomic E-state index is 13.1. The molecule has 0 aromatic carbocycles. The normalized spacial score (nSPS) is 22.0. The van der Waals surface area contributed by atoms with Crippen LogP contribution in [0.4, 0.5) is 0 Å². The van der Waals surface area contributed by atoms with Crippen molar-refractivity contribution >= 4 is 5.91 Å². The lowest BCUT2D eigenvalue weighted by atomic mass is 9.98. The van der Waals surface area contributed by atoms with E-state index in [1.54, 1.807) is 0 Å². The third-order valence-corrected chi connectivity index (χ3v) is 11.8. The minimum absolute atomic E-state index is 0.258. The zero-order valence-corrected chi connectivity index (χ0v) is 37.0. The Kier molecular flexibility index (Phi) is 35.6. The summed E-state index contributed by atoms with van der Waals surface area (Å²) in [7, 11) is 0. The number of carbonyl (C=O) groups is 1. The molecule has 9 atom stereocenters. The summed E-state index contributed by atoms with van der Waals surface area (Å²) in [5.74, 6) is -0.704. The van der Waals surface area contributed by atoms with E-state index in [0.717, 1.165) is 38.5 Å². The van der Waals surface area contributed by atoms with Gasteiger partial charge in [-0.1, -0.05) is 187 Å². The van der Waals surface area contributed by atoms with Crippen LogP contribution in [0.1, 0.15) is 213 Å². The van der Waals surface area contributed by atoms with Crippen LogP contribution in [-0.2, 0) is 14.3 Å². The number of hydrogen-bond acceptors (Lipinski definition) is 10. The summed E-state index contributed by atoms with van der Waals surface area (Å²) in [5, 5.41) is 75.7. The van der Waals surface area contributed by atoms with Crippen LogP contribution in [0.15, 0.2) is 12.2 Å². The summed E-state index contributed by atoms with van der Waals surface area (Å²) < 4.78 is 11.1. The Morgan fingerprint density at radius 3 is 1.48 bits per heavy atom. The first-order valence-corrected chi connectivity index (χ1v) is 24.1. The molecule has 344 valence electrons. The number of aliphatic hydroxyl groups is 7. The molecule has 0 spiro atoms. The quantitative estimate of drug-likeness (QED) is 0.0222. The molecular formula is C47H91NO10. The Labute approximate surface area is 353 Å². The van der Waals surface area contributed by atoms with Crippen molar-refractivity contribution in [1.29, 1.82) is 0 Å². The van der Waals surface area contributed by atoms with Gasteiger partial charge in [-0.3, -0.25) is 4.79 Å². The molecule has 11 nitrogen and oxygen atoms in total. The van der Waals surface area contributed by atoms with E-state index >= 15 is 0 Å². The maximum Gasteiger partial charge on any atom is 0.249 e. The number of carbonyl (C=O) groups excluding carboxylic acids is 1. The molecule has 1 heterocycles. The van der Waals surface area contributed by atoms with Crippen molar-refractivity contribution in [3.63, 3.8) is 0 Å². The van der Waals surface area contributed by atoms with Gasteiger partial charge in [-0.15, -0.1) is 0 Å². The van der Waals surface area contributed by atoms with Crippen molar-refractivity contribution in [2.75, 3.05) is 13.2 Å². The van der Waals surface area contributed by atoms with Crippen LogP contribution in [0.3, 0.4) is 0 Å². The van der Waals surface area contributed by atoms with Crippen molar-refractivity contribution in [2.45, 2.75) is 268 Å². The number of amides is 1. The number of unbranched alkanes of at least 4 members (excludes halogenated alkanes) is 26. The van der Waals surface area contributed by atoms with Crippen LogP contribution in [0.2, 0.25) is 0 Å². The third-order valence-electron chi connectivity index (χ3n) is 11.8. The van der Waals surface area contributed by atoms with E-state index in [2.05, 4.69) is 31.3 Å². The Morgan fingerprint density at radius 1 is 0.586 bits per heavy atom. The molecule has 1 fully saturated rings. The van der Waals surface area contributed by atoms with E-state index in [1.807, 2.05) is 0 Å². The highest BCUT2D eigenvalue weighted by molar-refractivity contribution is 5.80. The van der Waals surface area contributed by atoms with Crippen LogP contribution in [-0.4, -0.2) is 110 Å². The highest BCUT2D eigenvalue weighted by Gasteiger charge is 2.44. The lowest BCUT2D eigenvalue weighted by Crippen LogP contribution is -2.60. The largest absolute Gasteiger partial charge is 0.394 e. The summed E-state index contributed by atoms with van der Waals surface area (Å²) >= 11 is 0. The van der Waals surface area contributed by atoms with Gasteiger partial charge in [0.25, 0.3) is 0 Å². The molecule has 58 heavy (non-hydrogen) atoms. The summed E-state index contributed by atoms with van der Waals surface area (Å²) in [4.78, 5) is 13.1. The highest BCUT2D eigenvalue weighted by atomic mass is 16.7. The second kappa shape index (κ2) is 37.6. The van der Waals surface area contributed by atoms with Crippen molar-refractivity contribution < 1.29 is 50.0 Å². The van der Waals surface area contributed by atoms with Crippen molar-refractivity contribution in [1.82, 2.24) is 5.32 Å². The third kappa shape index (κ3) is 26.9. The number of ether oxygens (including phenoxy) is 2. The fraction of sp³-hybridized carbons (Fsp3) is 0.936. The molecule has 0 aliphatic carbocycles. The van der Waals surface area contributed by atoms with Crippen molar-refractivity contribution in [3.05, 3.63) is 12.2 Å². The first-order chi connectivity index (χ1) is 28.2. The van der Waals surface area contributed by atoms with E-state index < -0.39 is 74.2 Å². The van der Waals surface area contributed by atoms with E-state index in [1.165, 1.54) is 135 Å². The Hall–Kier alpha value is -1.15. The second-order valence-electron chi connectivity index (χ2n) is 17.2. The zero-order chi connectivity index (χ0) is 42.6. The topological polar surface area (TPSA) is 189 Å². The molecule has 0 aromatic rings. The van der Waals surface area contributed by atoms with E-state index in [0.29, 0.717) is 12.8 Å². The molecule has 0 bridgehead atoms. The summed E-state index contributed by atoms with van der Waals surface area (Å²) in [6.07, 6.45) is 28.3. The average molecular weight is 830 g/mol. The van der Waals surface area contributed by atoms with Crippen LogP contribution in [0, 0.1) is 0 Å². The first-order valence-electron chi connectivity index (χ1n) is 24.1. The van der Waals surface area contributed by atoms with Gasteiger partial charge >= 0.3 is 0 Å². The van der Waals surface area contributed by atoms with Gasteiger partial charge in [0.05, 0.1) is 25.4 Å². The van der Waals surface area contributed by atoms with E-state index in [9.17, 15) is 40.5 Å². The standard InChI is InChI=1S/C47H91NO10/c1-3-5-7-9-11-13-15-17-19-21-22-24-26-28-30-32-34-39(50)42(52)38(37-57-47-45(55)44(54)43(53)41(36-49)58-47)48-46(56)40(51)35-33-31-29-27-25-23-20-18-16-14-12-10-8-6-4-2/h26,28,38-45,47,49-55H,3-25,27,29-37H2,1-2H3,(H,48,56)/b28-26+. The molecule has 1 saturated heterocycles. The Balaban J connectivity index is 2.46. The van der Waals surface area contributed by atoms with Gasteiger partial charge in [0.2, 0.25) is 5.91 Å². The van der Waals surface area contributed by atoms with Gasteiger partial charge in [0.15, 0.2) is 6.29 Å². The summed E-state index contributed by atoms with van der Waals surface area (Å²) in [5.41, 5.74) is 0. The van der Waals surface area contributed by atoms with E-state index in [4.69, 9.17) is 9.47 Å². The van der Waals surface area contributed by atoms with Gasteiger partial charge in [0, 0.05) is 0 Å². The van der Waals surface area contributed by atoms with Crippen LogP contribution >= 0.6 is 0 Å². The molecule has 1 aliphatic rings. The summed E-state index contributed by atoms with van der Waals surface area (Å²) in [6, 6.07) is -1.18. The first kappa shape index (κ1) is 54.9. The lowest BCUT2D eigenvalue weighted by Gasteiger charge is -2.40. The maximum atomic E-state index is 13.1. The molecule has 8 N–H and O–H groups in total. The van der Waals surface area contributed by atoms with Gasteiger partial charge in [-0.2, -0.15) is 0 Å². The predicted molar refractivity (Wildman–Crippen MR) is 233 cm³/mol. The highest BCUT2D eigenvalue weighted by Crippen LogP contribution is 2.23. The Bertz CT molecular complexity index is 954. The number of aliphatic hydroxyl groups excluding tert-OH is 7. The van der Waals surface area contributed by atoms with Gasteiger partial charge in [-0.25, -0.2) is 0 Å². The molecule has 0 aromatic heterocycles. The van der Waals surface area contributed by atoms with Crippen molar-refractivity contribution in [2.24, 2.45) is 0 Å². The number of nitrogens with one attached hydrogen (secondary N) is 1. The van der Waals surface area contributed by atoms with Crippen LogP contribution in [0.25, 0.3) is 0 Å². The second-order valence-corrected chi connectivity index (χ2v) is 17.2. The van der Waals surface area contributed by atoms with Gasteiger partial charge in [-0.05, 0) is 38.5 Å². The van der Waals surface area contributed by atoms with Crippen LogP contribution < -0.4 is 5.32 Å². The van der Waals surface area contributed by atoms with Gasteiger partial charge < -0.3 is 50.5 Å².